The second-order valence-electron chi connectivity index (χ2n) is 5.71. The first-order valence-electron chi connectivity index (χ1n) is 8.37. The van der Waals surface area contributed by atoms with Crippen LogP contribution < -0.4 is 5.32 Å². The predicted octanol–water partition coefficient (Wildman–Crippen LogP) is 1.23. The van der Waals surface area contributed by atoms with Crippen LogP contribution in [-0.4, -0.2) is 79.6 Å². The summed E-state index contributed by atoms with van der Waals surface area (Å²) in [5, 5.41) is 11.5. The summed E-state index contributed by atoms with van der Waals surface area (Å²) in [6, 6.07) is 9.49. The molecule has 25 heavy (non-hydrogen) atoms. The molecule has 0 bridgehead atoms. The Bertz CT molecular complexity index is 532. The number of hydrogen-bond donors (Lipinski definition) is 2. The Morgan fingerprint density at radius 1 is 1.08 bits per heavy atom. The first kappa shape index (κ1) is 19.0. The molecule has 0 saturated carbocycles. The fourth-order valence-corrected chi connectivity index (χ4v) is 2.46. The molecule has 1 aliphatic heterocycles. The molecule has 8 nitrogen and oxygen atoms in total. The Morgan fingerprint density at radius 3 is 2.48 bits per heavy atom. The number of benzene rings is 1. The first-order chi connectivity index (χ1) is 12.1. The molecule has 0 radical (unpaired) electrons. The van der Waals surface area contributed by atoms with E-state index in [0.717, 1.165) is 25.2 Å². The molecule has 2 rings (SSSR count). The molecule has 1 aliphatic rings. The summed E-state index contributed by atoms with van der Waals surface area (Å²) >= 11 is 0. The number of rotatable bonds is 8. The zero-order valence-electron chi connectivity index (χ0n) is 14.2. The Hall–Kier alpha value is -2.32. The van der Waals surface area contributed by atoms with Crippen molar-refractivity contribution in [2.24, 2.45) is 0 Å². The van der Waals surface area contributed by atoms with Gasteiger partial charge in [-0.15, -0.1) is 0 Å². The monoisotopic (exact) mass is 351 g/mol. The minimum Gasteiger partial charge on any atom is -0.465 e. The molecule has 138 valence electrons. The Morgan fingerprint density at radius 2 is 1.80 bits per heavy atom. The molecule has 0 spiro atoms. The van der Waals surface area contributed by atoms with Crippen LogP contribution in [0.2, 0.25) is 0 Å². The van der Waals surface area contributed by atoms with Gasteiger partial charge in [0.1, 0.15) is 6.61 Å². The normalized spacial score (nSPS) is 15.0. The lowest BCUT2D eigenvalue weighted by Gasteiger charge is -2.32. The Labute approximate surface area is 147 Å². The Balaban J connectivity index is 1.44. The van der Waals surface area contributed by atoms with Crippen LogP contribution in [0.15, 0.2) is 30.3 Å². The standard InChI is InChI=1S/C17H25N3O5/c21-16(25-14-15-4-2-1-3-5-15)18-6-12-24-13-11-19-7-9-20(10-8-19)17(22)23/h1-5H,6-14H2,(H,18,21)(H,22,23). The SMILES string of the molecule is O=C(NCCOCCN1CCN(C(=O)O)CC1)OCc1ccccc1. The molecule has 2 N–H and O–H groups in total. The quantitative estimate of drug-likeness (QED) is 0.685. The van der Waals surface area contributed by atoms with E-state index in [9.17, 15) is 9.59 Å². The number of piperazine rings is 1. The summed E-state index contributed by atoms with van der Waals surface area (Å²) in [5.41, 5.74) is 0.942. The highest BCUT2D eigenvalue weighted by Gasteiger charge is 2.19. The third-order valence-corrected chi connectivity index (χ3v) is 3.92. The van der Waals surface area contributed by atoms with Gasteiger partial charge in [0.2, 0.25) is 0 Å². The summed E-state index contributed by atoms with van der Waals surface area (Å²) in [7, 11) is 0. The maximum Gasteiger partial charge on any atom is 0.407 e. The van der Waals surface area contributed by atoms with Crippen molar-refractivity contribution in [3.8, 4) is 0 Å². The van der Waals surface area contributed by atoms with Gasteiger partial charge in [-0.3, -0.25) is 4.90 Å². The highest BCUT2D eigenvalue weighted by molar-refractivity contribution is 5.67. The minimum absolute atomic E-state index is 0.246. The minimum atomic E-state index is -0.860. The van der Waals surface area contributed by atoms with Gasteiger partial charge >= 0.3 is 12.2 Å². The van der Waals surface area contributed by atoms with Gasteiger partial charge in [-0.05, 0) is 5.56 Å². The highest BCUT2D eigenvalue weighted by atomic mass is 16.5. The van der Waals surface area contributed by atoms with Crippen LogP contribution in [0.1, 0.15) is 5.56 Å². The number of hydrogen-bond acceptors (Lipinski definition) is 5. The van der Waals surface area contributed by atoms with E-state index in [-0.39, 0.29) is 6.61 Å². The molecular weight excluding hydrogens is 326 g/mol. The number of carbonyl (C=O) groups excluding carboxylic acids is 1. The largest absolute Gasteiger partial charge is 0.465 e. The lowest BCUT2D eigenvalue weighted by Crippen LogP contribution is -2.49. The molecule has 1 aromatic rings. The van der Waals surface area contributed by atoms with Crippen molar-refractivity contribution in [1.29, 1.82) is 0 Å². The van der Waals surface area contributed by atoms with E-state index < -0.39 is 12.2 Å². The third-order valence-electron chi connectivity index (χ3n) is 3.92. The van der Waals surface area contributed by atoms with Gasteiger partial charge in [0.25, 0.3) is 0 Å². The number of carboxylic acid groups (broad SMARTS) is 1. The average Bonchev–Trinajstić information content (AvgIpc) is 2.64. The van der Waals surface area contributed by atoms with Crippen LogP contribution in [0.5, 0.6) is 0 Å². The van der Waals surface area contributed by atoms with E-state index in [1.807, 2.05) is 30.3 Å². The summed E-state index contributed by atoms with van der Waals surface area (Å²) < 4.78 is 10.6. The van der Waals surface area contributed by atoms with E-state index in [0.29, 0.717) is 32.8 Å². The second kappa shape index (κ2) is 10.5. The van der Waals surface area contributed by atoms with Gasteiger partial charge in [0.05, 0.1) is 13.2 Å². The number of nitrogens with one attached hydrogen (secondary N) is 1. The highest BCUT2D eigenvalue weighted by Crippen LogP contribution is 2.02. The molecular formula is C17H25N3O5. The van der Waals surface area contributed by atoms with E-state index in [1.54, 1.807) is 0 Å². The van der Waals surface area contributed by atoms with Crippen molar-refractivity contribution < 1.29 is 24.2 Å². The van der Waals surface area contributed by atoms with Gasteiger partial charge in [-0.1, -0.05) is 30.3 Å². The van der Waals surface area contributed by atoms with Crippen LogP contribution in [0.3, 0.4) is 0 Å². The third kappa shape index (κ3) is 7.40. The average molecular weight is 351 g/mol. The Kier molecular flexibility index (Phi) is 8.00. The molecule has 8 heteroatoms. The zero-order valence-corrected chi connectivity index (χ0v) is 14.2. The van der Waals surface area contributed by atoms with Crippen molar-refractivity contribution in [2.75, 3.05) is 52.5 Å². The molecule has 0 unspecified atom stereocenters. The fourth-order valence-electron chi connectivity index (χ4n) is 2.46. The van der Waals surface area contributed by atoms with Crippen LogP contribution in [-0.2, 0) is 16.1 Å². The lowest BCUT2D eigenvalue weighted by molar-refractivity contribution is 0.0721. The number of ether oxygens (including phenoxy) is 2. The van der Waals surface area contributed by atoms with Crippen LogP contribution >= 0.6 is 0 Å². The second-order valence-corrected chi connectivity index (χ2v) is 5.71. The number of amides is 2. The maximum absolute atomic E-state index is 11.5. The van der Waals surface area contributed by atoms with E-state index in [4.69, 9.17) is 14.6 Å². The topological polar surface area (TPSA) is 91.3 Å². The van der Waals surface area contributed by atoms with Gasteiger partial charge in [-0.25, -0.2) is 9.59 Å². The van der Waals surface area contributed by atoms with E-state index in [2.05, 4.69) is 10.2 Å². The van der Waals surface area contributed by atoms with Crippen LogP contribution in [0.4, 0.5) is 9.59 Å². The van der Waals surface area contributed by atoms with Crippen molar-refractivity contribution in [3.63, 3.8) is 0 Å². The lowest BCUT2D eigenvalue weighted by atomic mass is 10.2. The molecule has 0 atom stereocenters. The van der Waals surface area contributed by atoms with Crippen LogP contribution in [0.25, 0.3) is 0 Å². The molecule has 1 saturated heterocycles. The number of alkyl carbamates (subject to hydrolysis) is 1. The van der Waals surface area contributed by atoms with E-state index in [1.165, 1.54) is 4.90 Å². The maximum atomic E-state index is 11.5. The molecule has 1 fully saturated rings. The predicted molar refractivity (Wildman–Crippen MR) is 91.5 cm³/mol. The fraction of sp³-hybridized carbons (Fsp3) is 0.529. The van der Waals surface area contributed by atoms with Crippen molar-refractivity contribution >= 4 is 12.2 Å². The summed E-state index contributed by atoms with van der Waals surface area (Å²) in [6.07, 6.45) is -1.32. The van der Waals surface area contributed by atoms with Gasteiger partial charge in [-0.2, -0.15) is 0 Å². The van der Waals surface area contributed by atoms with Crippen LogP contribution in [0, 0.1) is 0 Å². The summed E-state index contributed by atoms with van der Waals surface area (Å²) in [6.45, 7) is 4.86. The first-order valence-corrected chi connectivity index (χ1v) is 8.37. The van der Waals surface area contributed by atoms with Gasteiger partial charge < -0.3 is 24.8 Å². The van der Waals surface area contributed by atoms with E-state index >= 15 is 0 Å². The molecule has 0 aliphatic carbocycles. The molecule has 2 amide bonds. The van der Waals surface area contributed by atoms with Crippen molar-refractivity contribution in [3.05, 3.63) is 35.9 Å². The molecule has 0 aromatic heterocycles. The van der Waals surface area contributed by atoms with Gasteiger partial charge in [0.15, 0.2) is 0 Å². The summed E-state index contributed by atoms with van der Waals surface area (Å²) in [5.74, 6) is 0. The number of carbonyl (C=O) groups is 2. The molecule has 1 aromatic carbocycles. The molecule has 1 heterocycles. The van der Waals surface area contributed by atoms with Crippen molar-refractivity contribution in [2.45, 2.75) is 6.61 Å². The van der Waals surface area contributed by atoms with Gasteiger partial charge in [0, 0.05) is 39.3 Å². The number of nitrogens with zero attached hydrogens (tertiary/aromatic N) is 2. The van der Waals surface area contributed by atoms with Crippen molar-refractivity contribution in [1.82, 2.24) is 15.1 Å². The smallest absolute Gasteiger partial charge is 0.407 e. The zero-order chi connectivity index (χ0) is 17.9. The summed E-state index contributed by atoms with van der Waals surface area (Å²) in [4.78, 5) is 25.9.